The second-order valence-electron chi connectivity index (χ2n) is 14.5. The highest BCUT2D eigenvalue weighted by atomic mass is 14.9. The lowest BCUT2D eigenvalue weighted by Gasteiger charge is -2.16. The number of benzene rings is 8. The summed E-state index contributed by atoms with van der Waals surface area (Å²) in [5, 5.41) is 12.7. The quantitative estimate of drug-likeness (QED) is 0.154. The Bertz CT molecular complexity index is 3050. The molecule has 0 fully saturated rings. The molecule has 0 aliphatic heterocycles. The molecular formula is C55H35N5. The molecule has 0 saturated carbocycles. The predicted octanol–water partition coefficient (Wildman–Crippen LogP) is 13.6. The third kappa shape index (κ3) is 7.11. The molecular weight excluding hydrogens is 731 g/mol. The van der Waals surface area contributed by atoms with E-state index in [1.54, 1.807) is 0 Å². The number of aromatic nitrogens is 4. The Hall–Kier alpha value is -8.33. The van der Waals surface area contributed by atoms with Gasteiger partial charge in [0, 0.05) is 44.3 Å². The fourth-order valence-corrected chi connectivity index (χ4v) is 7.76. The molecule has 2 aromatic heterocycles. The average molecular weight is 766 g/mol. The monoisotopic (exact) mass is 765 g/mol. The highest BCUT2D eigenvalue weighted by Crippen LogP contribution is 2.41. The number of nitrogens with zero attached hydrogens (tertiary/aromatic N) is 5. The molecule has 0 aliphatic carbocycles. The Morgan fingerprint density at radius 1 is 0.317 bits per heavy atom. The van der Waals surface area contributed by atoms with Crippen molar-refractivity contribution in [1.82, 2.24) is 19.9 Å². The van der Waals surface area contributed by atoms with Crippen LogP contribution in [0.15, 0.2) is 212 Å². The second kappa shape index (κ2) is 15.9. The maximum atomic E-state index is 10.8. The van der Waals surface area contributed by atoms with Gasteiger partial charge in [-0.05, 0) is 40.3 Å². The minimum absolute atomic E-state index is 0.635. The van der Waals surface area contributed by atoms with E-state index in [0.29, 0.717) is 17.2 Å². The van der Waals surface area contributed by atoms with Gasteiger partial charge >= 0.3 is 0 Å². The first-order valence-electron chi connectivity index (χ1n) is 19.9. The fourth-order valence-electron chi connectivity index (χ4n) is 7.76. The molecule has 0 bridgehead atoms. The van der Waals surface area contributed by atoms with E-state index in [2.05, 4.69) is 97.1 Å². The zero-order valence-electron chi connectivity index (χ0n) is 32.4. The molecule has 0 radical (unpaired) electrons. The van der Waals surface area contributed by atoms with Crippen LogP contribution in [-0.4, -0.2) is 19.9 Å². The molecule has 0 N–H and O–H groups in total. The maximum absolute atomic E-state index is 10.8. The molecule has 0 amide bonds. The van der Waals surface area contributed by atoms with Gasteiger partial charge in [0.25, 0.3) is 0 Å². The van der Waals surface area contributed by atoms with Gasteiger partial charge in [-0.3, -0.25) is 0 Å². The van der Waals surface area contributed by atoms with Crippen LogP contribution in [0.2, 0.25) is 0 Å². The van der Waals surface area contributed by atoms with Gasteiger partial charge in [0.05, 0.1) is 28.3 Å². The van der Waals surface area contributed by atoms with Crippen molar-refractivity contribution in [1.29, 1.82) is 5.26 Å². The number of fused-ring (bicyclic) bond motifs is 1. The van der Waals surface area contributed by atoms with Crippen molar-refractivity contribution in [3.8, 4) is 96.1 Å². The topological polar surface area (TPSA) is 75.3 Å². The molecule has 8 aromatic carbocycles. The van der Waals surface area contributed by atoms with Gasteiger partial charge in [-0.15, -0.1) is 0 Å². The number of hydrogen-bond donors (Lipinski definition) is 0. The fraction of sp³-hybridized carbons (Fsp3) is 0. The van der Waals surface area contributed by atoms with Crippen molar-refractivity contribution >= 4 is 10.8 Å². The zero-order valence-corrected chi connectivity index (χ0v) is 32.4. The van der Waals surface area contributed by atoms with Crippen LogP contribution in [0.5, 0.6) is 0 Å². The van der Waals surface area contributed by atoms with Crippen molar-refractivity contribution in [2.75, 3.05) is 0 Å². The van der Waals surface area contributed by atoms with Crippen LogP contribution < -0.4 is 0 Å². The molecule has 0 unspecified atom stereocenters. The molecule has 10 aromatic rings. The smallest absolute Gasteiger partial charge is 0.160 e. The largest absolute Gasteiger partial charge is 0.228 e. The van der Waals surface area contributed by atoms with Crippen LogP contribution in [-0.2, 0) is 0 Å². The maximum Gasteiger partial charge on any atom is 0.160 e. The van der Waals surface area contributed by atoms with Crippen LogP contribution in [0.3, 0.4) is 0 Å². The van der Waals surface area contributed by atoms with Crippen LogP contribution >= 0.6 is 0 Å². The van der Waals surface area contributed by atoms with Crippen LogP contribution in [0.1, 0.15) is 5.56 Å². The van der Waals surface area contributed by atoms with Crippen molar-refractivity contribution in [2.24, 2.45) is 0 Å². The van der Waals surface area contributed by atoms with Crippen LogP contribution in [0, 0.1) is 11.3 Å². The van der Waals surface area contributed by atoms with E-state index in [1.807, 2.05) is 121 Å². The summed E-state index contributed by atoms with van der Waals surface area (Å²) in [7, 11) is 0. The Morgan fingerprint density at radius 2 is 0.667 bits per heavy atom. The number of hydrogen-bond acceptors (Lipinski definition) is 5. The summed E-state index contributed by atoms with van der Waals surface area (Å²) in [4.78, 5) is 20.0. The highest BCUT2D eigenvalue weighted by Gasteiger charge is 2.19. The van der Waals surface area contributed by atoms with E-state index in [9.17, 15) is 5.26 Å². The van der Waals surface area contributed by atoms with E-state index in [4.69, 9.17) is 19.9 Å². The first-order chi connectivity index (χ1) is 29.7. The van der Waals surface area contributed by atoms with Gasteiger partial charge < -0.3 is 0 Å². The molecule has 5 nitrogen and oxygen atoms in total. The molecule has 10 rings (SSSR count). The summed E-state index contributed by atoms with van der Waals surface area (Å²) in [6.45, 7) is 0. The van der Waals surface area contributed by atoms with Gasteiger partial charge in [-0.1, -0.05) is 194 Å². The second-order valence-corrected chi connectivity index (χ2v) is 14.5. The first kappa shape index (κ1) is 36.0. The third-order valence-corrected chi connectivity index (χ3v) is 10.8. The van der Waals surface area contributed by atoms with E-state index in [1.165, 1.54) is 0 Å². The molecule has 0 saturated heterocycles. The van der Waals surface area contributed by atoms with Crippen LogP contribution in [0.4, 0.5) is 0 Å². The number of nitriles is 1. The Labute approximate surface area is 348 Å². The SMILES string of the molecule is N#Cc1c(-c2ccc(-c3cc(-c4ccccc4)nc(-c4ccccc4)n3)cc2)c(-c2ccc(-c3cc(-c4ccccc4)nc(-c4ccccc4)n3)cc2)cc2ccccc12. The van der Waals surface area contributed by atoms with Gasteiger partial charge in [-0.25, -0.2) is 19.9 Å². The van der Waals surface area contributed by atoms with Crippen molar-refractivity contribution < 1.29 is 0 Å². The van der Waals surface area contributed by atoms with Crippen molar-refractivity contribution in [2.45, 2.75) is 0 Å². The van der Waals surface area contributed by atoms with E-state index in [0.717, 1.165) is 89.2 Å². The summed E-state index contributed by atoms with van der Waals surface area (Å²) in [5.74, 6) is 1.34. The van der Waals surface area contributed by atoms with Crippen molar-refractivity contribution in [3.05, 3.63) is 218 Å². The third-order valence-electron chi connectivity index (χ3n) is 10.8. The summed E-state index contributed by atoms with van der Waals surface area (Å²) in [5.41, 5.74) is 13.7. The predicted molar refractivity (Wildman–Crippen MR) is 243 cm³/mol. The Kier molecular flexibility index (Phi) is 9.55. The lowest BCUT2D eigenvalue weighted by Crippen LogP contribution is -1.97. The number of rotatable bonds is 8. The molecule has 60 heavy (non-hydrogen) atoms. The van der Waals surface area contributed by atoms with E-state index < -0.39 is 0 Å². The molecule has 2 heterocycles. The summed E-state index contributed by atoms with van der Waals surface area (Å²) in [6, 6.07) is 74.4. The highest BCUT2D eigenvalue weighted by molar-refractivity contribution is 6.02. The molecule has 0 atom stereocenters. The lowest BCUT2D eigenvalue weighted by atomic mass is 9.86. The van der Waals surface area contributed by atoms with Crippen LogP contribution in [0.25, 0.3) is 101 Å². The lowest BCUT2D eigenvalue weighted by molar-refractivity contribution is 1.18. The van der Waals surface area contributed by atoms with Gasteiger partial charge in [0.2, 0.25) is 0 Å². The molecule has 0 spiro atoms. The summed E-state index contributed by atoms with van der Waals surface area (Å²) in [6.07, 6.45) is 0. The van der Waals surface area contributed by atoms with Gasteiger partial charge in [0.1, 0.15) is 6.07 Å². The standard InChI is InChI=1S/C55H35N5/c56-36-48-46-24-14-13-23-45(46)33-47(37-25-27-40(28-26-37)51-34-49(38-15-5-1-6-16-38)57-54(59-51)43-19-9-3-10-20-43)53(48)42-31-29-41(30-32-42)52-35-50(39-17-7-2-8-18-39)58-55(60-52)44-21-11-4-12-22-44/h1-35H. The van der Waals surface area contributed by atoms with Gasteiger partial charge in [-0.2, -0.15) is 5.26 Å². The minimum atomic E-state index is 0.635. The summed E-state index contributed by atoms with van der Waals surface area (Å²) < 4.78 is 0. The summed E-state index contributed by atoms with van der Waals surface area (Å²) >= 11 is 0. The van der Waals surface area contributed by atoms with Crippen molar-refractivity contribution in [3.63, 3.8) is 0 Å². The van der Waals surface area contributed by atoms with E-state index >= 15 is 0 Å². The Balaban J connectivity index is 1.07. The van der Waals surface area contributed by atoms with Gasteiger partial charge in [0.15, 0.2) is 11.6 Å². The normalized spacial score (nSPS) is 11.0. The molecule has 5 heteroatoms. The Morgan fingerprint density at radius 3 is 1.10 bits per heavy atom. The average Bonchev–Trinajstić information content (AvgIpc) is 3.34. The molecule has 280 valence electrons. The molecule has 0 aliphatic rings. The minimum Gasteiger partial charge on any atom is -0.228 e. The van der Waals surface area contributed by atoms with E-state index in [-0.39, 0.29) is 0 Å². The first-order valence-corrected chi connectivity index (χ1v) is 19.9. The zero-order chi connectivity index (χ0) is 40.3.